The van der Waals surface area contributed by atoms with Crippen molar-refractivity contribution in [2.75, 3.05) is 0 Å². The van der Waals surface area contributed by atoms with Gasteiger partial charge in [-0.15, -0.1) is 0 Å². The van der Waals surface area contributed by atoms with E-state index in [0.29, 0.717) is 0 Å². The summed E-state index contributed by atoms with van der Waals surface area (Å²) in [7, 11) is 0. The van der Waals surface area contributed by atoms with E-state index in [4.69, 9.17) is 0 Å². The molecule has 2 rings (SSSR count). The van der Waals surface area contributed by atoms with Crippen molar-refractivity contribution in [3.05, 3.63) is 11.6 Å². The van der Waals surface area contributed by atoms with Gasteiger partial charge >= 0.3 is 0 Å². The molecule has 1 fully saturated rings. The van der Waals surface area contributed by atoms with Gasteiger partial charge in [-0.2, -0.15) is 0 Å². The normalized spacial score (nSPS) is 38.3. The maximum absolute atomic E-state index is 2.45. The van der Waals surface area contributed by atoms with Gasteiger partial charge in [0.2, 0.25) is 0 Å². The van der Waals surface area contributed by atoms with Gasteiger partial charge in [0, 0.05) is 0 Å². The van der Waals surface area contributed by atoms with Gasteiger partial charge in [-0.05, 0) is 43.4 Å². The van der Waals surface area contributed by atoms with Gasteiger partial charge in [0.1, 0.15) is 0 Å². The predicted molar refractivity (Wildman–Crippen MR) is 52.9 cm³/mol. The summed E-state index contributed by atoms with van der Waals surface area (Å²) in [6.07, 6.45) is 6.75. The molecule has 0 aromatic rings. The molecule has 0 nitrogen and oxygen atoms in total. The molecule has 3 unspecified atom stereocenters. The van der Waals surface area contributed by atoms with Crippen LogP contribution in [-0.2, 0) is 0 Å². The lowest BCUT2D eigenvalue weighted by Gasteiger charge is -2.05. The molecular weight excluding hydrogens is 144 g/mol. The summed E-state index contributed by atoms with van der Waals surface area (Å²) < 4.78 is 0. The Morgan fingerprint density at radius 1 is 1.50 bits per heavy atom. The molecule has 0 heteroatoms. The van der Waals surface area contributed by atoms with E-state index in [1.54, 1.807) is 5.57 Å². The molecule has 0 aliphatic heterocycles. The van der Waals surface area contributed by atoms with Crippen molar-refractivity contribution in [3.63, 3.8) is 0 Å². The third-order valence-corrected chi connectivity index (χ3v) is 3.65. The number of hydrogen-bond acceptors (Lipinski definition) is 0. The first-order chi connectivity index (χ1) is 5.70. The Kier molecular flexibility index (Phi) is 2.02. The molecule has 0 aromatic carbocycles. The van der Waals surface area contributed by atoms with Crippen LogP contribution in [0, 0.1) is 23.7 Å². The second-order valence-corrected chi connectivity index (χ2v) is 5.01. The molecule has 0 spiro atoms. The minimum absolute atomic E-state index is 0.899. The highest BCUT2D eigenvalue weighted by molar-refractivity contribution is 5.24. The molecule has 2 aliphatic rings. The van der Waals surface area contributed by atoms with Crippen LogP contribution in [0.4, 0.5) is 0 Å². The third-order valence-electron chi connectivity index (χ3n) is 3.65. The van der Waals surface area contributed by atoms with E-state index in [2.05, 4.69) is 26.8 Å². The maximum Gasteiger partial charge on any atom is -0.0140 e. The van der Waals surface area contributed by atoms with Crippen LogP contribution < -0.4 is 0 Å². The van der Waals surface area contributed by atoms with Crippen LogP contribution in [0.15, 0.2) is 11.6 Å². The zero-order valence-corrected chi connectivity index (χ0v) is 8.51. The van der Waals surface area contributed by atoms with Crippen molar-refractivity contribution in [1.29, 1.82) is 0 Å². The minimum atomic E-state index is 0.899. The lowest BCUT2D eigenvalue weighted by atomic mass is 10.0. The fraction of sp³-hybridized carbons (Fsp3) is 0.833. The molecule has 12 heavy (non-hydrogen) atoms. The van der Waals surface area contributed by atoms with Crippen molar-refractivity contribution < 1.29 is 0 Å². The largest absolute Gasteiger partial charge is 0.0850 e. The van der Waals surface area contributed by atoms with Crippen molar-refractivity contribution >= 4 is 0 Å². The smallest absolute Gasteiger partial charge is 0.0140 e. The van der Waals surface area contributed by atoms with Gasteiger partial charge in [0.25, 0.3) is 0 Å². The topological polar surface area (TPSA) is 0 Å². The van der Waals surface area contributed by atoms with Crippen LogP contribution in [0.2, 0.25) is 0 Å². The Morgan fingerprint density at radius 2 is 2.25 bits per heavy atom. The summed E-state index contributed by atoms with van der Waals surface area (Å²) >= 11 is 0. The van der Waals surface area contributed by atoms with Crippen LogP contribution in [0.25, 0.3) is 0 Å². The number of fused-ring (bicyclic) bond motifs is 1. The van der Waals surface area contributed by atoms with E-state index in [1.807, 2.05) is 0 Å². The van der Waals surface area contributed by atoms with Gasteiger partial charge in [-0.25, -0.2) is 0 Å². The summed E-state index contributed by atoms with van der Waals surface area (Å²) in [4.78, 5) is 0. The fourth-order valence-electron chi connectivity index (χ4n) is 2.82. The van der Waals surface area contributed by atoms with E-state index in [-0.39, 0.29) is 0 Å². The zero-order chi connectivity index (χ0) is 8.72. The average Bonchev–Trinajstić information content (AvgIpc) is 2.58. The van der Waals surface area contributed by atoms with Crippen molar-refractivity contribution in [2.24, 2.45) is 23.7 Å². The van der Waals surface area contributed by atoms with Crippen LogP contribution in [0.5, 0.6) is 0 Å². The van der Waals surface area contributed by atoms with E-state index < -0.39 is 0 Å². The van der Waals surface area contributed by atoms with Gasteiger partial charge in [-0.1, -0.05) is 31.9 Å². The van der Waals surface area contributed by atoms with Crippen molar-refractivity contribution in [1.82, 2.24) is 0 Å². The highest BCUT2D eigenvalue weighted by Gasteiger charge is 2.51. The summed E-state index contributed by atoms with van der Waals surface area (Å²) in [5, 5.41) is 0. The quantitative estimate of drug-likeness (QED) is 0.559. The van der Waals surface area contributed by atoms with Gasteiger partial charge in [-0.3, -0.25) is 0 Å². The molecule has 3 atom stereocenters. The number of rotatable bonds is 3. The minimum Gasteiger partial charge on any atom is -0.0850 e. The van der Waals surface area contributed by atoms with Crippen LogP contribution in [-0.4, -0.2) is 0 Å². The lowest BCUT2D eigenvalue weighted by Crippen LogP contribution is -1.92. The van der Waals surface area contributed by atoms with E-state index in [1.165, 1.54) is 19.3 Å². The zero-order valence-electron chi connectivity index (χ0n) is 8.51. The SMILES string of the molecule is CC1=CCC2C(CCC(C)C)C12. The monoisotopic (exact) mass is 164 g/mol. The average molecular weight is 164 g/mol. The molecule has 0 amide bonds. The van der Waals surface area contributed by atoms with E-state index in [0.717, 1.165) is 23.7 Å². The molecule has 0 heterocycles. The molecule has 0 aromatic heterocycles. The number of hydrogen-bond donors (Lipinski definition) is 0. The molecule has 0 radical (unpaired) electrons. The Morgan fingerprint density at radius 3 is 2.75 bits per heavy atom. The van der Waals surface area contributed by atoms with Crippen molar-refractivity contribution in [3.8, 4) is 0 Å². The standard InChI is InChI=1S/C12H20/c1-8(2)4-6-10-11-7-5-9(3)12(10)11/h5,8,10-12H,4,6-7H2,1-3H3. The molecule has 68 valence electrons. The van der Waals surface area contributed by atoms with Crippen LogP contribution in [0.3, 0.4) is 0 Å². The lowest BCUT2D eigenvalue weighted by molar-refractivity contribution is 0.502. The van der Waals surface area contributed by atoms with Gasteiger partial charge < -0.3 is 0 Å². The molecule has 0 bridgehead atoms. The predicted octanol–water partition coefficient (Wildman–Crippen LogP) is 3.63. The highest BCUT2D eigenvalue weighted by atomic mass is 14.6. The summed E-state index contributed by atoms with van der Waals surface area (Å²) in [5.74, 6) is 4.07. The maximum atomic E-state index is 2.45. The molecule has 2 aliphatic carbocycles. The Labute approximate surface area is 76.1 Å². The fourth-order valence-corrected chi connectivity index (χ4v) is 2.82. The van der Waals surface area contributed by atoms with E-state index >= 15 is 0 Å². The van der Waals surface area contributed by atoms with Gasteiger partial charge in [0.05, 0.1) is 0 Å². The van der Waals surface area contributed by atoms with E-state index in [9.17, 15) is 0 Å². The molecule has 0 saturated heterocycles. The second kappa shape index (κ2) is 2.90. The molecule has 0 N–H and O–H groups in total. The van der Waals surface area contributed by atoms with Crippen LogP contribution in [0.1, 0.15) is 40.0 Å². The highest BCUT2D eigenvalue weighted by Crippen LogP contribution is 2.59. The van der Waals surface area contributed by atoms with Crippen molar-refractivity contribution in [2.45, 2.75) is 40.0 Å². The van der Waals surface area contributed by atoms with Crippen LogP contribution >= 0.6 is 0 Å². The number of allylic oxidation sites excluding steroid dienone is 2. The molecule has 1 saturated carbocycles. The first-order valence-corrected chi connectivity index (χ1v) is 5.37. The van der Waals surface area contributed by atoms with Gasteiger partial charge in [0.15, 0.2) is 0 Å². The Hall–Kier alpha value is -0.260. The first kappa shape index (κ1) is 8.34. The summed E-state index contributed by atoms with van der Waals surface area (Å²) in [6, 6.07) is 0. The summed E-state index contributed by atoms with van der Waals surface area (Å²) in [5.41, 5.74) is 1.69. The second-order valence-electron chi connectivity index (χ2n) is 5.01. The third kappa shape index (κ3) is 1.32. The molecular formula is C12H20. The summed E-state index contributed by atoms with van der Waals surface area (Å²) in [6.45, 7) is 6.99. The Balaban J connectivity index is 1.77. The Bertz CT molecular complexity index is 200. The first-order valence-electron chi connectivity index (χ1n) is 5.37.